The third-order valence-electron chi connectivity index (χ3n) is 0.343. The first-order chi connectivity index (χ1) is 3.13. The zero-order chi connectivity index (χ0) is 5.86. The van der Waals surface area contributed by atoms with Crippen molar-refractivity contribution in [1.29, 1.82) is 5.41 Å². The summed E-state index contributed by atoms with van der Waals surface area (Å²) in [6, 6.07) is 0. The quantitative estimate of drug-likeness (QED) is 0.365. The van der Waals surface area contributed by atoms with Gasteiger partial charge in [-0.05, 0) is 0 Å². The number of nitrogens with one attached hydrogen (secondary N) is 1. The van der Waals surface area contributed by atoms with Crippen molar-refractivity contribution in [3.8, 4) is 0 Å². The van der Waals surface area contributed by atoms with Gasteiger partial charge in [-0.1, -0.05) is 13.8 Å². The molecule has 0 spiro atoms. The van der Waals surface area contributed by atoms with Crippen LogP contribution in [0.25, 0.3) is 0 Å². The highest BCUT2D eigenvalue weighted by atomic mass is 16.6. The van der Waals surface area contributed by atoms with Gasteiger partial charge in [0.15, 0.2) is 0 Å². The van der Waals surface area contributed by atoms with Gasteiger partial charge in [0.2, 0.25) is 0 Å². The standard InChI is InChI=1S/C4H9NO2/c1-3(2)7-4(5)6/h3H,1-2H3,(H2,5,6)/p-1. The van der Waals surface area contributed by atoms with Crippen LogP contribution >= 0.6 is 0 Å². The first kappa shape index (κ1) is 6.27. The van der Waals surface area contributed by atoms with E-state index >= 15 is 0 Å². The summed E-state index contributed by atoms with van der Waals surface area (Å²) in [4.78, 5) is 0. The van der Waals surface area contributed by atoms with Gasteiger partial charge in [0.05, 0.1) is 0 Å². The molecule has 0 aliphatic heterocycles. The first-order valence-corrected chi connectivity index (χ1v) is 2.05. The Morgan fingerprint density at radius 1 is 1.71 bits per heavy atom. The van der Waals surface area contributed by atoms with Gasteiger partial charge in [-0.3, -0.25) is 5.41 Å². The van der Waals surface area contributed by atoms with Gasteiger partial charge in [-0.2, -0.15) is 0 Å². The minimum atomic E-state index is -0.963. The maximum absolute atomic E-state index is 9.70. The molecule has 0 aromatic rings. The molecule has 0 aromatic carbocycles. The topological polar surface area (TPSA) is 56.1 Å². The minimum absolute atomic E-state index is 0.162. The second-order valence-electron chi connectivity index (χ2n) is 1.45. The zero-order valence-corrected chi connectivity index (χ0v) is 4.39. The maximum Gasteiger partial charge on any atom is 0.142 e. The van der Waals surface area contributed by atoms with Crippen LogP contribution in [0.1, 0.15) is 13.8 Å². The molecule has 7 heavy (non-hydrogen) atoms. The molecule has 42 valence electrons. The third kappa shape index (κ3) is 5.27. The Hall–Kier alpha value is -0.730. The largest absolute Gasteiger partial charge is 0.598 e. The van der Waals surface area contributed by atoms with E-state index in [1.807, 2.05) is 0 Å². The van der Waals surface area contributed by atoms with Crippen molar-refractivity contribution in [2.24, 2.45) is 0 Å². The Balaban J connectivity index is 3.13. The van der Waals surface area contributed by atoms with Crippen LogP contribution in [0.3, 0.4) is 0 Å². The lowest BCUT2D eigenvalue weighted by Gasteiger charge is -2.15. The van der Waals surface area contributed by atoms with Gasteiger partial charge in [-0.15, -0.1) is 0 Å². The Morgan fingerprint density at radius 3 is 2.14 bits per heavy atom. The van der Waals surface area contributed by atoms with Crippen LogP contribution < -0.4 is 5.11 Å². The lowest BCUT2D eigenvalue weighted by molar-refractivity contribution is -0.256. The average molecular weight is 102 g/mol. The molecular formula is C4H8NO2-. The summed E-state index contributed by atoms with van der Waals surface area (Å²) in [5.41, 5.74) is 0. The van der Waals surface area contributed by atoms with Gasteiger partial charge in [0, 0.05) is 6.10 Å². The molecule has 0 heterocycles. The second-order valence-corrected chi connectivity index (χ2v) is 1.45. The molecule has 0 aromatic heterocycles. The van der Waals surface area contributed by atoms with Crippen LogP contribution in [-0.2, 0) is 4.74 Å². The second kappa shape index (κ2) is 2.44. The van der Waals surface area contributed by atoms with Gasteiger partial charge in [0.1, 0.15) is 6.08 Å². The lowest BCUT2D eigenvalue weighted by atomic mass is 10.5. The van der Waals surface area contributed by atoms with E-state index in [-0.39, 0.29) is 6.10 Å². The Kier molecular flexibility index (Phi) is 2.19. The fourth-order valence-corrected chi connectivity index (χ4v) is 0.214. The van der Waals surface area contributed by atoms with Crippen molar-refractivity contribution < 1.29 is 9.84 Å². The molecular weight excluding hydrogens is 94.0 g/mol. The molecule has 1 N–H and O–H groups in total. The predicted octanol–water partition coefficient (Wildman–Crippen LogP) is -0.294. The highest BCUT2D eigenvalue weighted by Crippen LogP contribution is 1.82. The fourth-order valence-electron chi connectivity index (χ4n) is 0.214. The van der Waals surface area contributed by atoms with Gasteiger partial charge >= 0.3 is 0 Å². The molecule has 3 heteroatoms. The summed E-state index contributed by atoms with van der Waals surface area (Å²) in [7, 11) is 0. The summed E-state index contributed by atoms with van der Waals surface area (Å²) >= 11 is 0. The molecule has 0 atom stereocenters. The molecule has 0 aliphatic carbocycles. The summed E-state index contributed by atoms with van der Waals surface area (Å²) in [5.74, 6) is 0. The van der Waals surface area contributed by atoms with E-state index in [9.17, 15) is 5.11 Å². The highest BCUT2D eigenvalue weighted by molar-refractivity contribution is 5.57. The van der Waals surface area contributed by atoms with E-state index in [0.717, 1.165) is 0 Å². The van der Waals surface area contributed by atoms with Crippen LogP contribution in [0.5, 0.6) is 0 Å². The first-order valence-electron chi connectivity index (χ1n) is 2.05. The molecule has 0 aliphatic rings. The molecule has 0 unspecified atom stereocenters. The number of hydrogen-bond acceptors (Lipinski definition) is 3. The van der Waals surface area contributed by atoms with Crippen LogP contribution in [0, 0.1) is 5.41 Å². The maximum atomic E-state index is 9.70. The Labute approximate surface area is 42.4 Å². The number of hydrogen-bond donors (Lipinski definition) is 1. The normalized spacial score (nSPS) is 9.00. The van der Waals surface area contributed by atoms with Crippen LogP contribution in [0.2, 0.25) is 0 Å². The minimum Gasteiger partial charge on any atom is -0.598 e. The summed E-state index contributed by atoms with van der Waals surface area (Å²) in [5, 5.41) is 15.9. The molecule has 0 saturated heterocycles. The third-order valence-corrected chi connectivity index (χ3v) is 0.343. The van der Waals surface area contributed by atoms with Crippen molar-refractivity contribution >= 4 is 6.08 Å². The molecule has 3 nitrogen and oxygen atoms in total. The van der Waals surface area contributed by atoms with Gasteiger partial charge in [-0.25, -0.2) is 0 Å². The molecule has 0 fully saturated rings. The Bertz CT molecular complexity index is 70.1. The van der Waals surface area contributed by atoms with Crippen molar-refractivity contribution in [1.82, 2.24) is 0 Å². The van der Waals surface area contributed by atoms with E-state index in [0.29, 0.717) is 0 Å². The highest BCUT2D eigenvalue weighted by Gasteiger charge is 1.80. The van der Waals surface area contributed by atoms with Crippen molar-refractivity contribution in [2.75, 3.05) is 0 Å². The molecule has 0 amide bonds. The molecule has 0 radical (unpaired) electrons. The van der Waals surface area contributed by atoms with Gasteiger partial charge in [0.25, 0.3) is 0 Å². The summed E-state index contributed by atoms with van der Waals surface area (Å²) in [6.07, 6.45) is -1.13. The van der Waals surface area contributed by atoms with Crippen LogP contribution in [0.15, 0.2) is 0 Å². The van der Waals surface area contributed by atoms with E-state index in [1.165, 1.54) is 0 Å². The number of rotatable bonds is 1. The van der Waals surface area contributed by atoms with E-state index in [4.69, 9.17) is 5.41 Å². The van der Waals surface area contributed by atoms with E-state index in [2.05, 4.69) is 4.74 Å². The van der Waals surface area contributed by atoms with Crippen molar-refractivity contribution in [3.63, 3.8) is 0 Å². The van der Waals surface area contributed by atoms with Crippen LogP contribution in [0.4, 0.5) is 0 Å². The summed E-state index contributed by atoms with van der Waals surface area (Å²) in [6.45, 7) is 3.40. The van der Waals surface area contributed by atoms with Gasteiger partial charge < -0.3 is 9.84 Å². The number of ether oxygens (including phenoxy) is 1. The molecule has 0 rings (SSSR count). The lowest BCUT2D eigenvalue weighted by Crippen LogP contribution is -2.22. The van der Waals surface area contributed by atoms with Crippen LogP contribution in [-0.4, -0.2) is 12.2 Å². The Morgan fingerprint density at radius 2 is 2.14 bits per heavy atom. The molecule has 0 saturated carbocycles. The van der Waals surface area contributed by atoms with E-state index in [1.54, 1.807) is 13.8 Å². The molecule has 0 bridgehead atoms. The monoisotopic (exact) mass is 102 g/mol. The zero-order valence-electron chi connectivity index (χ0n) is 4.39. The van der Waals surface area contributed by atoms with Crippen molar-refractivity contribution in [3.05, 3.63) is 0 Å². The predicted molar refractivity (Wildman–Crippen MR) is 23.9 cm³/mol. The van der Waals surface area contributed by atoms with E-state index < -0.39 is 6.08 Å². The SMILES string of the molecule is CC(C)OC(=N)[O-]. The summed E-state index contributed by atoms with van der Waals surface area (Å²) < 4.78 is 4.28. The average Bonchev–Trinajstić information content (AvgIpc) is 1.27. The smallest absolute Gasteiger partial charge is 0.142 e. The fraction of sp³-hybridized carbons (Fsp3) is 0.750. The van der Waals surface area contributed by atoms with Crippen molar-refractivity contribution in [2.45, 2.75) is 20.0 Å².